The zero-order valence-electron chi connectivity index (χ0n) is 37.2. The lowest BCUT2D eigenvalue weighted by atomic mass is 9.95. The summed E-state index contributed by atoms with van der Waals surface area (Å²) in [5, 5.41) is 7.33. The normalized spacial score (nSPS) is 11.8. The SMILES string of the molecule is c1ccc(-c2nc(-c3ccccc3)nc(-c3cc(-c4cccc(-c5ccc6c7cc8c9ccccc9n(-c9ccccc9)c8cc7n(-c7ccccc7)c6c5)c4)cc4c3sc3ccccc34)n2)cc1. The van der Waals surface area contributed by atoms with Crippen LogP contribution in [0.2, 0.25) is 0 Å². The fourth-order valence-corrected chi connectivity index (χ4v) is 11.5. The van der Waals surface area contributed by atoms with Crippen LogP contribution in [0.1, 0.15) is 0 Å². The van der Waals surface area contributed by atoms with E-state index in [9.17, 15) is 0 Å². The Morgan fingerprint density at radius 3 is 1.43 bits per heavy atom. The van der Waals surface area contributed by atoms with E-state index in [0.717, 1.165) is 60.5 Å². The molecule has 0 atom stereocenters. The lowest BCUT2D eigenvalue weighted by Crippen LogP contribution is -2.00. The number of thiophene rings is 1. The van der Waals surface area contributed by atoms with Crippen LogP contribution in [0, 0.1) is 0 Å². The van der Waals surface area contributed by atoms with Gasteiger partial charge in [-0.3, -0.25) is 0 Å². The highest BCUT2D eigenvalue weighted by molar-refractivity contribution is 7.26. The molecule has 0 spiro atoms. The molecule has 0 bridgehead atoms. The van der Waals surface area contributed by atoms with Gasteiger partial charge in [-0.05, 0) is 95.1 Å². The molecular formula is C63H39N5S. The Bertz CT molecular complexity index is 4230. The molecule has 0 fully saturated rings. The van der Waals surface area contributed by atoms with Crippen molar-refractivity contribution in [2.75, 3.05) is 0 Å². The number of hydrogen-bond acceptors (Lipinski definition) is 4. The number of para-hydroxylation sites is 3. The van der Waals surface area contributed by atoms with Gasteiger partial charge in [0.15, 0.2) is 17.5 Å². The van der Waals surface area contributed by atoms with Gasteiger partial charge in [-0.2, -0.15) is 0 Å². The monoisotopic (exact) mass is 897 g/mol. The van der Waals surface area contributed by atoms with E-state index in [4.69, 9.17) is 15.0 Å². The van der Waals surface area contributed by atoms with E-state index in [2.05, 4.69) is 209 Å². The minimum atomic E-state index is 0.646. The van der Waals surface area contributed by atoms with Crippen LogP contribution in [-0.2, 0) is 0 Å². The molecule has 0 saturated carbocycles. The molecule has 14 rings (SSSR count). The van der Waals surface area contributed by atoms with Crippen molar-refractivity contribution < 1.29 is 0 Å². The molecule has 14 aromatic rings. The summed E-state index contributed by atoms with van der Waals surface area (Å²) in [5.74, 6) is 1.94. The lowest BCUT2D eigenvalue weighted by molar-refractivity contribution is 1.08. The van der Waals surface area contributed by atoms with Crippen LogP contribution in [0.15, 0.2) is 237 Å². The minimum absolute atomic E-state index is 0.646. The molecule has 0 aliphatic rings. The third-order valence-corrected chi connectivity index (χ3v) is 14.8. The van der Waals surface area contributed by atoms with E-state index in [1.54, 1.807) is 11.3 Å². The van der Waals surface area contributed by atoms with E-state index in [-0.39, 0.29) is 0 Å². The first-order valence-corrected chi connectivity index (χ1v) is 24.1. The maximum atomic E-state index is 5.23. The van der Waals surface area contributed by atoms with Gasteiger partial charge in [0, 0.05) is 69.8 Å². The highest BCUT2D eigenvalue weighted by Crippen LogP contribution is 2.44. The quantitative estimate of drug-likeness (QED) is 0.160. The van der Waals surface area contributed by atoms with Gasteiger partial charge in [0.2, 0.25) is 0 Å². The minimum Gasteiger partial charge on any atom is -0.309 e. The second-order valence-corrected chi connectivity index (χ2v) is 18.6. The van der Waals surface area contributed by atoms with Crippen molar-refractivity contribution in [3.05, 3.63) is 237 Å². The number of rotatable bonds is 7. The second kappa shape index (κ2) is 15.8. The summed E-state index contributed by atoms with van der Waals surface area (Å²) in [5.41, 5.74) is 14.4. The van der Waals surface area contributed by atoms with Crippen molar-refractivity contribution in [2.24, 2.45) is 0 Å². The molecule has 4 aromatic heterocycles. The van der Waals surface area contributed by atoms with Crippen LogP contribution in [0.3, 0.4) is 0 Å². The van der Waals surface area contributed by atoms with Crippen molar-refractivity contribution in [3.8, 4) is 67.8 Å². The Morgan fingerprint density at radius 2 is 0.768 bits per heavy atom. The summed E-state index contributed by atoms with van der Waals surface area (Å²) in [6.07, 6.45) is 0. The summed E-state index contributed by atoms with van der Waals surface area (Å²) in [6, 6.07) is 84.7. The summed E-state index contributed by atoms with van der Waals surface area (Å²) >= 11 is 1.79. The van der Waals surface area contributed by atoms with Crippen LogP contribution in [0.25, 0.3) is 132 Å². The molecule has 10 aromatic carbocycles. The lowest BCUT2D eigenvalue weighted by Gasteiger charge is -2.12. The first-order chi connectivity index (χ1) is 34.2. The standard InChI is InChI=1S/C63H39N5S/c1-5-18-40(19-6-1)61-64-62(41-20-7-2-8-21-41)66-63(65-61)54-36-45(35-53-50-29-14-16-31-59(50)69-60(53)54)43-23-17-22-42(34-43)44-32-33-49-52-38-51-48-28-13-15-30-55(48)67(46-24-9-3-10-25-46)57(51)39-58(52)68(56(49)37-44)47-26-11-4-12-27-47/h1-39H. The van der Waals surface area contributed by atoms with Gasteiger partial charge in [0.05, 0.1) is 22.1 Å². The fourth-order valence-electron chi connectivity index (χ4n) is 10.3. The molecule has 4 heterocycles. The van der Waals surface area contributed by atoms with Crippen LogP contribution < -0.4 is 0 Å². The Morgan fingerprint density at radius 1 is 0.275 bits per heavy atom. The molecule has 322 valence electrons. The van der Waals surface area contributed by atoms with Crippen LogP contribution in [0.4, 0.5) is 0 Å². The van der Waals surface area contributed by atoms with Crippen molar-refractivity contribution in [1.82, 2.24) is 24.1 Å². The van der Waals surface area contributed by atoms with Gasteiger partial charge in [0.25, 0.3) is 0 Å². The average molecular weight is 898 g/mol. The number of aromatic nitrogens is 5. The van der Waals surface area contributed by atoms with Gasteiger partial charge < -0.3 is 9.13 Å². The summed E-state index contributed by atoms with van der Waals surface area (Å²) < 4.78 is 7.22. The number of hydrogen-bond donors (Lipinski definition) is 0. The highest BCUT2D eigenvalue weighted by Gasteiger charge is 2.21. The smallest absolute Gasteiger partial charge is 0.165 e. The molecule has 0 aliphatic carbocycles. The molecule has 0 saturated heterocycles. The van der Waals surface area contributed by atoms with E-state index >= 15 is 0 Å². The predicted octanol–water partition coefficient (Wildman–Crippen LogP) is 16.8. The third kappa shape index (κ3) is 6.49. The average Bonchev–Trinajstić information content (AvgIpc) is 4.08. The van der Waals surface area contributed by atoms with Gasteiger partial charge in [0.1, 0.15) is 0 Å². The van der Waals surface area contributed by atoms with Gasteiger partial charge in [-0.1, -0.05) is 164 Å². The van der Waals surface area contributed by atoms with E-state index in [0.29, 0.717) is 17.5 Å². The maximum Gasteiger partial charge on any atom is 0.165 e. The summed E-state index contributed by atoms with van der Waals surface area (Å²) in [7, 11) is 0. The highest BCUT2D eigenvalue weighted by atomic mass is 32.1. The van der Waals surface area contributed by atoms with Crippen molar-refractivity contribution in [1.29, 1.82) is 0 Å². The number of benzene rings is 10. The third-order valence-electron chi connectivity index (χ3n) is 13.5. The van der Waals surface area contributed by atoms with E-state index in [1.807, 2.05) is 36.4 Å². The molecule has 0 radical (unpaired) electrons. The van der Waals surface area contributed by atoms with E-state index in [1.165, 1.54) is 53.6 Å². The Labute approximate surface area is 401 Å². The zero-order chi connectivity index (χ0) is 45.4. The van der Waals surface area contributed by atoms with Crippen LogP contribution in [-0.4, -0.2) is 24.1 Å². The molecule has 69 heavy (non-hydrogen) atoms. The van der Waals surface area contributed by atoms with Crippen LogP contribution >= 0.6 is 11.3 Å². The first kappa shape index (κ1) is 39.2. The number of fused-ring (bicyclic) bond motifs is 9. The van der Waals surface area contributed by atoms with Crippen molar-refractivity contribution in [2.45, 2.75) is 0 Å². The fraction of sp³-hybridized carbons (Fsp3) is 0. The molecule has 0 unspecified atom stereocenters. The molecule has 5 nitrogen and oxygen atoms in total. The Hall–Kier alpha value is -8.97. The molecule has 6 heteroatoms. The molecular weight excluding hydrogens is 859 g/mol. The largest absolute Gasteiger partial charge is 0.309 e. The molecule has 0 N–H and O–H groups in total. The number of nitrogens with zero attached hydrogens (tertiary/aromatic N) is 5. The van der Waals surface area contributed by atoms with Gasteiger partial charge in [-0.25, -0.2) is 15.0 Å². The topological polar surface area (TPSA) is 48.5 Å². The van der Waals surface area contributed by atoms with Crippen LogP contribution in [0.5, 0.6) is 0 Å². The van der Waals surface area contributed by atoms with Gasteiger partial charge >= 0.3 is 0 Å². The maximum absolute atomic E-state index is 5.23. The predicted molar refractivity (Wildman–Crippen MR) is 289 cm³/mol. The summed E-state index contributed by atoms with van der Waals surface area (Å²) in [4.78, 5) is 15.5. The molecule has 0 aliphatic heterocycles. The summed E-state index contributed by atoms with van der Waals surface area (Å²) in [6.45, 7) is 0. The van der Waals surface area contributed by atoms with Crippen molar-refractivity contribution >= 4 is 75.1 Å². The zero-order valence-corrected chi connectivity index (χ0v) is 38.0. The van der Waals surface area contributed by atoms with E-state index < -0.39 is 0 Å². The first-order valence-electron chi connectivity index (χ1n) is 23.3. The van der Waals surface area contributed by atoms with Gasteiger partial charge in [-0.15, -0.1) is 11.3 Å². The molecule has 0 amide bonds. The Kier molecular flexibility index (Phi) is 9.00. The van der Waals surface area contributed by atoms with Crippen molar-refractivity contribution in [3.63, 3.8) is 0 Å². The Balaban J connectivity index is 0.959. The second-order valence-electron chi connectivity index (χ2n) is 17.6.